The van der Waals surface area contributed by atoms with Gasteiger partial charge in [-0.15, -0.1) is 0 Å². The molecule has 0 saturated carbocycles. The number of ether oxygens (including phenoxy) is 1. The maximum absolute atomic E-state index is 11.9. The van der Waals surface area contributed by atoms with Gasteiger partial charge in [0, 0.05) is 30.0 Å². The number of carbonyl (C=O) groups excluding carboxylic acids is 2. The van der Waals surface area contributed by atoms with Crippen LogP contribution in [-0.2, 0) is 16.0 Å². The fourth-order valence-corrected chi connectivity index (χ4v) is 2.95. The summed E-state index contributed by atoms with van der Waals surface area (Å²) in [6.07, 6.45) is 0.857. The van der Waals surface area contributed by atoms with Crippen LogP contribution in [0.2, 0.25) is 0 Å². The number of alkyl carbamates (subject to hydrolysis) is 1. The largest absolute Gasteiger partial charge is 0.444 e. The second-order valence-electron chi connectivity index (χ2n) is 6.65. The van der Waals surface area contributed by atoms with Gasteiger partial charge in [-0.1, -0.05) is 28.1 Å². The zero-order valence-corrected chi connectivity index (χ0v) is 15.4. The minimum atomic E-state index is -0.485. The van der Waals surface area contributed by atoms with Crippen LogP contribution in [0.5, 0.6) is 0 Å². The van der Waals surface area contributed by atoms with Crippen LogP contribution in [0, 0.1) is 0 Å². The second-order valence-corrected chi connectivity index (χ2v) is 7.95. The van der Waals surface area contributed by atoms with E-state index in [4.69, 9.17) is 4.74 Å². The van der Waals surface area contributed by atoms with Crippen LogP contribution >= 0.6 is 15.9 Å². The Bertz CT molecular complexity index is 566. The van der Waals surface area contributed by atoms with Crippen molar-refractivity contribution in [1.29, 1.82) is 0 Å². The summed E-state index contributed by atoms with van der Waals surface area (Å²) in [5, 5.41) is 2.74. The minimum Gasteiger partial charge on any atom is -0.444 e. The van der Waals surface area contributed by atoms with E-state index in [1.54, 1.807) is 4.90 Å². The summed E-state index contributed by atoms with van der Waals surface area (Å²) < 4.78 is 5.19. The highest BCUT2D eigenvalue weighted by molar-refractivity contribution is 9.09. The smallest absolute Gasteiger partial charge is 0.407 e. The van der Waals surface area contributed by atoms with E-state index in [0.717, 1.165) is 11.3 Å². The molecular formula is C17H23BrN2O3. The van der Waals surface area contributed by atoms with Crippen LogP contribution in [0.3, 0.4) is 0 Å². The van der Waals surface area contributed by atoms with E-state index in [2.05, 4.69) is 21.2 Å². The van der Waals surface area contributed by atoms with Gasteiger partial charge in [-0.2, -0.15) is 0 Å². The molecule has 1 saturated heterocycles. The normalized spacial score (nSPS) is 18.2. The van der Waals surface area contributed by atoms with E-state index in [-0.39, 0.29) is 10.7 Å². The SMILES string of the molecule is CC(C)(C)OC(=O)NCCc1ccc(N2CC(Br)CC2=O)cc1. The topological polar surface area (TPSA) is 58.6 Å². The summed E-state index contributed by atoms with van der Waals surface area (Å²) in [6.45, 7) is 6.73. The molecular weight excluding hydrogens is 360 g/mol. The molecule has 1 aromatic rings. The molecule has 2 rings (SSSR count). The van der Waals surface area contributed by atoms with Crippen molar-refractivity contribution in [2.75, 3.05) is 18.0 Å². The number of anilines is 1. The van der Waals surface area contributed by atoms with Gasteiger partial charge in [-0.05, 0) is 44.9 Å². The van der Waals surface area contributed by atoms with Crippen molar-refractivity contribution in [1.82, 2.24) is 5.32 Å². The fourth-order valence-electron chi connectivity index (χ4n) is 2.38. The molecule has 5 nitrogen and oxygen atoms in total. The van der Waals surface area contributed by atoms with E-state index in [1.165, 1.54) is 0 Å². The van der Waals surface area contributed by atoms with Crippen LogP contribution in [0.1, 0.15) is 32.8 Å². The Kier molecular flexibility index (Phi) is 5.68. The maximum atomic E-state index is 11.9. The first-order valence-electron chi connectivity index (χ1n) is 7.75. The molecule has 6 heteroatoms. The Morgan fingerprint density at radius 2 is 2.00 bits per heavy atom. The number of nitrogens with zero attached hydrogens (tertiary/aromatic N) is 1. The molecule has 126 valence electrons. The number of hydrogen-bond donors (Lipinski definition) is 1. The minimum absolute atomic E-state index is 0.145. The zero-order valence-electron chi connectivity index (χ0n) is 13.8. The van der Waals surface area contributed by atoms with Crippen molar-refractivity contribution < 1.29 is 14.3 Å². The fraction of sp³-hybridized carbons (Fsp3) is 0.529. The molecule has 1 heterocycles. The number of halogens is 1. The van der Waals surface area contributed by atoms with Gasteiger partial charge in [-0.25, -0.2) is 4.79 Å². The first-order valence-corrected chi connectivity index (χ1v) is 8.66. The van der Waals surface area contributed by atoms with E-state index in [0.29, 0.717) is 25.9 Å². The Hall–Kier alpha value is -1.56. The third-order valence-electron chi connectivity index (χ3n) is 3.41. The van der Waals surface area contributed by atoms with E-state index in [9.17, 15) is 9.59 Å². The molecule has 1 fully saturated rings. The van der Waals surface area contributed by atoms with Gasteiger partial charge in [0.15, 0.2) is 0 Å². The first kappa shape index (κ1) is 17.8. The molecule has 0 aromatic heterocycles. The maximum Gasteiger partial charge on any atom is 0.407 e. The van der Waals surface area contributed by atoms with Crippen LogP contribution < -0.4 is 10.2 Å². The van der Waals surface area contributed by atoms with Crippen LogP contribution in [0.4, 0.5) is 10.5 Å². The summed E-state index contributed by atoms with van der Waals surface area (Å²) in [4.78, 5) is 25.5. The third-order valence-corrected chi connectivity index (χ3v) is 4.02. The Labute approximate surface area is 145 Å². The van der Waals surface area contributed by atoms with Gasteiger partial charge >= 0.3 is 6.09 Å². The molecule has 0 bridgehead atoms. The molecule has 0 spiro atoms. The van der Waals surface area contributed by atoms with E-state index >= 15 is 0 Å². The average molecular weight is 383 g/mol. The first-order chi connectivity index (χ1) is 10.7. The standard InChI is InChI=1S/C17H23BrN2O3/c1-17(2,3)23-16(22)19-9-8-12-4-6-14(7-5-12)20-11-13(18)10-15(20)21/h4-7,13H,8-11H2,1-3H3,(H,19,22). The predicted octanol–water partition coefficient (Wildman–Crippen LogP) is 3.25. The van der Waals surface area contributed by atoms with Crippen molar-refractivity contribution in [2.45, 2.75) is 44.0 Å². The van der Waals surface area contributed by atoms with Gasteiger partial charge in [0.05, 0.1) is 0 Å². The van der Waals surface area contributed by atoms with Gasteiger partial charge in [0.2, 0.25) is 5.91 Å². The number of alkyl halides is 1. The Morgan fingerprint density at radius 3 is 2.52 bits per heavy atom. The number of hydrogen-bond acceptors (Lipinski definition) is 3. The Morgan fingerprint density at radius 1 is 1.35 bits per heavy atom. The van der Waals surface area contributed by atoms with Gasteiger partial charge in [0.1, 0.15) is 5.60 Å². The molecule has 1 aromatic carbocycles. The average Bonchev–Trinajstić information content (AvgIpc) is 2.76. The van der Waals surface area contributed by atoms with Crippen molar-refractivity contribution in [3.05, 3.63) is 29.8 Å². The Balaban J connectivity index is 1.82. The predicted molar refractivity (Wildman–Crippen MR) is 94.1 cm³/mol. The highest BCUT2D eigenvalue weighted by Gasteiger charge is 2.28. The number of benzene rings is 1. The lowest BCUT2D eigenvalue weighted by Crippen LogP contribution is -2.33. The van der Waals surface area contributed by atoms with Gasteiger partial charge < -0.3 is 15.0 Å². The van der Waals surface area contributed by atoms with Crippen LogP contribution in [0.25, 0.3) is 0 Å². The number of amides is 2. The van der Waals surface area contributed by atoms with Gasteiger partial charge in [-0.3, -0.25) is 4.79 Å². The summed E-state index contributed by atoms with van der Waals surface area (Å²) in [6, 6.07) is 7.87. The highest BCUT2D eigenvalue weighted by Crippen LogP contribution is 2.25. The number of nitrogens with one attached hydrogen (secondary N) is 1. The highest BCUT2D eigenvalue weighted by atomic mass is 79.9. The lowest BCUT2D eigenvalue weighted by molar-refractivity contribution is -0.117. The molecule has 0 radical (unpaired) electrons. The van der Waals surface area contributed by atoms with E-state index < -0.39 is 11.7 Å². The van der Waals surface area contributed by atoms with Crippen molar-refractivity contribution in [2.24, 2.45) is 0 Å². The number of rotatable bonds is 4. The summed E-state index contributed by atoms with van der Waals surface area (Å²) in [7, 11) is 0. The molecule has 1 atom stereocenters. The molecule has 1 unspecified atom stereocenters. The number of carbonyl (C=O) groups is 2. The van der Waals surface area contributed by atoms with Crippen molar-refractivity contribution in [3.8, 4) is 0 Å². The summed E-state index contributed by atoms with van der Waals surface area (Å²) in [5.74, 6) is 0.145. The molecule has 2 amide bonds. The lowest BCUT2D eigenvalue weighted by Gasteiger charge is -2.19. The monoisotopic (exact) mass is 382 g/mol. The van der Waals surface area contributed by atoms with Crippen LogP contribution in [0.15, 0.2) is 24.3 Å². The second kappa shape index (κ2) is 7.34. The van der Waals surface area contributed by atoms with Crippen molar-refractivity contribution in [3.63, 3.8) is 0 Å². The molecule has 1 aliphatic heterocycles. The quantitative estimate of drug-likeness (QED) is 0.812. The van der Waals surface area contributed by atoms with Gasteiger partial charge in [0.25, 0.3) is 0 Å². The van der Waals surface area contributed by atoms with Crippen LogP contribution in [-0.4, -0.2) is 35.5 Å². The zero-order chi connectivity index (χ0) is 17.0. The van der Waals surface area contributed by atoms with Crippen molar-refractivity contribution >= 4 is 33.6 Å². The summed E-state index contributed by atoms with van der Waals surface area (Å²) >= 11 is 3.48. The summed E-state index contributed by atoms with van der Waals surface area (Å²) in [5.41, 5.74) is 1.54. The lowest BCUT2D eigenvalue weighted by atomic mass is 10.1. The van der Waals surface area contributed by atoms with E-state index in [1.807, 2.05) is 45.0 Å². The molecule has 1 N–H and O–H groups in total. The molecule has 1 aliphatic rings. The molecule has 0 aliphatic carbocycles. The molecule has 23 heavy (non-hydrogen) atoms. The third kappa shape index (κ3) is 5.53.